The molecule has 2 N–H and O–H groups in total. The smallest absolute Gasteiger partial charge is 0.220 e. The van der Waals surface area contributed by atoms with Gasteiger partial charge in [0.2, 0.25) is 12.2 Å². The lowest BCUT2D eigenvalue weighted by atomic mass is 9.82. The molecule has 1 heterocycles. The van der Waals surface area contributed by atoms with E-state index in [0.29, 0.717) is 6.42 Å². The summed E-state index contributed by atoms with van der Waals surface area (Å²) in [6, 6.07) is -0.442. The predicted octanol–water partition coefficient (Wildman–Crippen LogP) is 9.95. The minimum atomic E-state index is -0.762. The fourth-order valence-corrected chi connectivity index (χ4v) is 6.68. The molecule has 0 bridgehead atoms. The Labute approximate surface area is 290 Å². The van der Waals surface area contributed by atoms with Crippen molar-refractivity contribution < 1.29 is 28.8 Å². The number of allylic oxidation sites excluding steroid dienone is 3. The average Bonchev–Trinajstić information content (AvgIpc) is 3.07. The molecule has 5 unspecified atom stereocenters. The Hall–Kier alpha value is -1.41. The van der Waals surface area contributed by atoms with Gasteiger partial charge in [0.1, 0.15) is 6.10 Å². The minimum absolute atomic E-state index is 0.00148. The maximum atomic E-state index is 13.2. The molecule has 1 fully saturated rings. The van der Waals surface area contributed by atoms with Crippen molar-refractivity contribution in [2.24, 2.45) is 5.92 Å². The second kappa shape index (κ2) is 30.6. The highest BCUT2D eigenvalue weighted by molar-refractivity contribution is 5.76. The van der Waals surface area contributed by atoms with Gasteiger partial charge in [0.05, 0.1) is 31.1 Å². The van der Waals surface area contributed by atoms with Gasteiger partial charge >= 0.3 is 0 Å². The third-order valence-electron chi connectivity index (χ3n) is 9.58. The summed E-state index contributed by atoms with van der Waals surface area (Å²) in [5.74, 6) is -0.209. The summed E-state index contributed by atoms with van der Waals surface area (Å²) in [7, 11) is 3.41. The number of aliphatic hydroxyl groups excluding tert-OH is 1. The molecule has 6 atom stereocenters. The number of carbonyl (C=O) groups is 1. The van der Waals surface area contributed by atoms with Crippen LogP contribution in [0, 0.1) is 5.92 Å². The van der Waals surface area contributed by atoms with E-state index in [9.17, 15) is 9.90 Å². The molecule has 1 aliphatic heterocycles. The third-order valence-corrected chi connectivity index (χ3v) is 9.58. The SMILES string of the molecule is C/C=C/OC1OC(COC)C(O)C(CCC[C@@H](CCCCCCC)OC)C1NC(=O)CCCCCCCCC/C=C\CCCCCC. The molecule has 1 rings (SSSR count). The van der Waals surface area contributed by atoms with Gasteiger partial charge < -0.3 is 29.4 Å². The maximum Gasteiger partial charge on any atom is 0.220 e. The van der Waals surface area contributed by atoms with Crippen LogP contribution in [0.5, 0.6) is 0 Å². The molecule has 1 saturated heterocycles. The molecule has 0 aromatic carbocycles. The van der Waals surface area contributed by atoms with E-state index in [1.54, 1.807) is 20.5 Å². The number of amides is 1. The lowest BCUT2D eigenvalue weighted by Crippen LogP contribution is -2.61. The van der Waals surface area contributed by atoms with Crippen LogP contribution in [0.1, 0.15) is 168 Å². The standard InChI is InChI=1S/C40H75NO6/c1-6-9-11-13-14-15-16-17-18-19-20-21-22-24-26-31-37(42)41-38-35(30-27-29-34(45-5)28-25-23-12-10-7-2)39(43)36(33-44-4)47-40(38)46-32-8-3/h8,15-16,32,34-36,38-40,43H,6-7,9-14,17-31,33H2,1-5H3,(H,41,42)/b16-15-,32-8+/t34-,35?,36?,38?,39?,40?/m1/s1. The first-order valence-corrected chi connectivity index (χ1v) is 19.6. The Morgan fingerprint density at radius 3 is 2.00 bits per heavy atom. The zero-order valence-electron chi connectivity index (χ0n) is 31.2. The molecule has 47 heavy (non-hydrogen) atoms. The number of hydrogen-bond donors (Lipinski definition) is 2. The molecule has 7 nitrogen and oxygen atoms in total. The number of carbonyl (C=O) groups excluding carboxylic acids is 1. The summed E-state index contributed by atoms with van der Waals surface area (Å²) < 4.78 is 23.3. The van der Waals surface area contributed by atoms with Crippen LogP contribution >= 0.6 is 0 Å². The first-order chi connectivity index (χ1) is 23.0. The first kappa shape index (κ1) is 43.6. The molecule has 0 aromatic heterocycles. The summed E-state index contributed by atoms with van der Waals surface area (Å²) in [6.45, 7) is 6.65. The van der Waals surface area contributed by atoms with E-state index in [0.717, 1.165) is 38.5 Å². The van der Waals surface area contributed by atoms with Crippen LogP contribution in [0.3, 0.4) is 0 Å². The highest BCUT2D eigenvalue weighted by Crippen LogP contribution is 2.32. The molecule has 0 aromatic rings. The summed E-state index contributed by atoms with van der Waals surface area (Å²) in [6.07, 6.45) is 32.7. The number of aliphatic hydroxyl groups is 1. The van der Waals surface area contributed by atoms with E-state index in [4.69, 9.17) is 18.9 Å². The Kier molecular flexibility index (Phi) is 28.4. The fourth-order valence-electron chi connectivity index (χ4n) is 6.68. The Morgan fingerprint density at radius 2 is 1.38 bits per heavy atom. The summed E-state index contributed by atoms with van der Waals surface area (Å²) >= 11 is 0. The zero-order valence-corrected chi connectivity index (χ0v) is 31.2. The van der Waals surface area contributed by atoms with Gasteiger partial charge in [-0.3, -0.25) is 4.79 Å². The normalized spacial score (nSPS) is 22.3. The predicted molar refractivity (Wildman–Crippen MR) is 195 cm³/mol. The minimum Gasteiger partial charge on any atom is -0.471 e. The number of unbranched alkanes of at least 4 members (excludes halogenated alkanes) is 15. The van der Waals surface area contributed by atoms with Crippen LogP contribution in [0.25, 0.3) is 0 Å². The molecule has 0 radical (unpaired) electrons. The molecule has 276 valence electrons. The van der Waals surface area contributed by atoms with E-state index in [1.165, 1.54) is 103 Å². The number of methoxy groups -OCH3 is 2. The molecule has 0 spiro atoms. The maximum absolute atomic E-state index is 13.2. The molecular weight excluding hydrogens is 590 g/mol. The van der Waals surface area contributed by atoms with E-state index in [1.807, 2.05) is 13.0 Å². The van der Waals surface area contributed by atoms with Crippen LogP contribution in [0.2, 0.25) is 0 Å². The average molecular weight is 666 g/mol. The van der Waals surface area contributed by atoms with Crippen molar-refractivity contribution in [1.82, 2.24) is 5.32 Å². The van der Waals surface area contributed by atoms with Gasteiger partial charge in [-0.1, -0.05) is 122 Å². The largest absolute Gasteiger partial charge is 0.471 e. The molecule has 7 heteroatoms. The summed E-state index contributed by atoms with van der Waals surface area (Å²) in [4.78, 5) is 13.2. The summed E-state index contributed by atoms with van der Waals surface area (Å²) in [5.41, 5.74) is 0. The highest BCUT2D eigenvalue weighted by atomic mass is 16.7. The van der Waals surface area contributed by atoms with Crippen molar-refractivity contribution in [2.75, 3.05) is 20.8 Å². The van der Waals surface area contributed by atoms with Crippen molar-refractivity contribution in [1.29, 1.82) is 0 Å². The van der Waals surface area contributed by atoms with Crippen molar-refractivity contribution in [2.45, 2.75) is 199 Å². The van der Waals surface area contributed by atoms with Gasteiger partial charge in [0.25, 0.3) is 0 Å². The second-order valence-corrected chi connectivity index (χ2v) is 13.7. The van der Waals surface area contributed by atoms with Crippen LogP contribution in [0.4, 0.5) is 0 Å². The number of rotatable bonds is 31. The van der Waals surface area contributed by atoms with Crippen molar-refractivity contribution >= 4 is 5.91 Å². The monoisotopic (exact) mass is 666 g/mol. The highest BCUT2D eigenvalue weighted by Gasteiger charge is 2.46. The fraction of sp³-hybridized carbons (Fsp3) is 0.875. The van der Waals surface area contributed by atoms with Crippen LogP contribution in [-0.4, -0.2) is 62.5 Å². The Balaban J connectivity index is 2.53. The molecule has 1 amide bonds. The number of hydrogen-bond acceptors (Lipinski definition) is 6. The lowest BCUT2D eigenvalue weighted by molar-refractivity contribution is -0.245. The first-order valence-electron chi connectivity index (χ1n) is 19.6. The van der Waals surface area contributed by atoms with E-state index >= 15 is 0 Å². The van der Waals surface area contributed by atoms with Crippen LogP contribution < -0.4 is 5.32 Å². The van der Waals surface area contributed by atoms with Gasteiger partial charge in [-0.05, 0) is 58.3 Å². The molecule has 1 aliphatic rings. The van der Waals surface area contributed by atoms with Crippen molar-refractivity contribution in [3.63, 3.8) is 0 Å². The zero-order chi connectivity index (χ0) is 34.4. The molecule has 0 saturated carbocycles. The van der Waals surface area contributed by atoms with E-state index < -0.39 is 24.5 Å². The topological polar surface area (TPSA) is 86.2 Å². The Bertz CT molecular complexity index is 774. The molecular formula is C40H75NO6. The third kappa shape index (κ3) is 21.3. The van der Waals surface area contributed by atoms with Crippen molar-refractivity contribution in [3.05, 3.63) is 24.5 Å². The van der Waals surface area contributed by atoms with Gasteiger partial charge in [0, 0.05) is 26.6 Å². The van der Waals surface area contributed by atoms with Crippen LogP contribution in [-0.2, 0) is 23.7 Å². The Morgan fingerprint density at radius 1 is 0.809 bits per heavy atom. The van der Waals surface area contributed by atoms with Crippen molar-refractivity contribution in [3.8, 4) is 0 Å². The number of nitrogens with one attached hydrogen (secondary N) is 1. The summed E-state index contributed by atoms with van der Waals surface area (Å²) in [5, 5.41) is 14.6. The molecule has 0 aliphatic carbocycles. The lowest BCUT2D eigenvalue weighted by Gasteiger charge is -2.44. The quantitative estimate of drug-likeness (QED) is 0.0436. The second-order valence-electron chi connectivity index (χ2n) is 13.7. The van der Waals surface area contributed by atoms with E-state index in [2.05, 4.69) is 31.3 Å². The van der Waals surface area contributed by atoms with Gasteiger partial charge in [-0.25, -0.2) is 0 Å². The van der Waals surface area contributed by atoms with E-state index in [-0.39, 0.29) is 24.5 Å². The number of ether oxygens (including phenoxy) is 4. The van der Waals surface area contributed by atoms with Crippen LogP contribution in [0.15, 0.2) is 24.5 Å². The van der Waals surface area contributed by atoms with Gasteiger partial charge in [-0.15, -0.1) is 0 Å². The van der Waals surface area contributed by atoms with Gasteiger partial charge in [-0.2, -0.15) is 0 Å². The van der Waals surface area contributed by atoms with Gasteiger partial charge in [0.15, 0.2) is 0 Å².